The van der Waals surface area contributed by atoms with Crippen molar-refractivity contribution < 1.29 is 9.90 Å². The van der Waals surface area contributed by atoms with Crippen molar-refractivity contribution in [2.75, 3.05) is 0 Å². The van der Waals surface area contributed by atoms with E-state index in [4.69, 9.17) is 0 Å². The van der Waals surface area contributed by atoms with Crippen LogP contribution in [0.15, 0.2) is 54.6 Å². The summed E-state index contributed by atoms with van der Waals surface area (Å²) in [5.41, 5.74) is 2.29. The summed E-state index contributed by atoms with van der Waals surface area (Å²) in [6.07, 6.45) is 0.373. The highest BCUT2D eigenvalue weighted by Crippen LogP contribution is 2.12. The zero-order chi connectivity index (χ0) is 14.1. The number of aliphatic hydroxyl groups excluding tert-OH is 1. The number of aliphatic hydroxyl groups is 1. The van der Waals surface area contributed by atoms with Crippen molar-refractivity contribution in [2.45, 2.75) is 26.9 Å². The fraction of sp³-hybridized carbons (Fsp3) is 0.235. The van der Waals surface area contributed by atoms with Crippen LogP contribution in [-0.4, -0.2) is 10.9 Å². The van der Waals surface area contributed by atoms with Gasteiger partial charge in [0.2, 0.25) is 0 Å². The Balaban J connectivity index is 0.000000861. The Morgan fingerprint density at radius 1 is 0.947 bits per heavy atom. The van der Waals surface area contributed by atoms with Crippen molar-refractivity contribution in [3.63, 3.8) is 0 Å². The number of carbonyl (C=O) groups is 1. The Morgan fingerprint density at radius 3 is 2.16 bits per heavy atom. The molecule has 2 aromatic carbocycles. The topological polar surface area (TPSA) is 37.3 Å². The number of hydrogen-bond donors (Lipinski definition) is 1. The van der Waals surface area contributed by atoms with Crippen LogP contribution in [-0.2, 0) is 13.0 Å². The molecule has 1 N–H and O–H groups in total. The minimum atomic E-state index is -0.100. The van der Waals surface area contributed by atoms with Crippen LogP contribution in [0.5, 0.6) is 0 Å². The summed E-state index contributed by atoms with van der Waals surface area (Å²) in [6.45, 7) is 3.90. The SMILES string of the molecule is CC.O=C(Cc1ccccc1)c1ccccc1CO. The zero-order valence-electron chi connectivity index (χ0n) is 11.5. The number of Topliss-reactive ketones (excluding diaryl/α,β-unsaturated/α-hetero) is 1. The maximum Gasteiger partial charge on any atom is 0.167 e. The molecule has 2 heteroatoms. The molecular weight excluding hydrogens is 236 g/mol. The van der Waals surface area contributed by atoms with Crippen molar-refractivity contribution in [1.82, 2.24) is 0 Å². The second kappa shape index (κ2) is 8.22. The van der Waals surface area contributed by atoms with E-state index in [1.807, 2.05) is 56.3 Å². The molecule has 0 aliphatic carbocycles. The molecule has 0 bridgehead atoms. The summed E-state index contributed by atoms with van der Waals surface area (Å²) < 4.78 is 0. The number of hydrogen-bond acceptors (Lipinski definition) is 2. The fourth-order valence-corrected chi connectivity index (χ4v) is 1.81. The van der Waals surface area contributed by atoms with Gasteiger partial charge in [-0.15, -0.1) is 0 Å². The molecule has 0 saturated heterocycles. The van der Waals surface area contributed by atoms with Gasteiger partial charge in [-0.1, -0.05) is 68.4 Å². The van der Waals surface area contributed by atoms with Crippen molar-refractivity contribution in [3.05, 3.63) is 71.3 Å². The predicted molar refractivity (Wildman–Crippen MR) is 78.2 cm³/mol. The van der Waals surface area contributed by atoms with Gasteiger partial charge in [0.25, 0.3) is 0 Å². The summed E-state index contributed by atoms with van der Waals surface area (Å²) >= 11 is 0. The Bertz CT molecular complexity index is 504. The van der Waals surface area contributed by atoms with E-state index in [1.54, 1.807) is 12.1 Å². The van der Waals surface area contributed by atoms with Crippen LogP contribution in [0.2, 0.25) is 0 Å². The lowest BCUT2D eigenvalue weighted by atomic mass is 9.99. The molecule has 0 spiro atoms. The molecule has 2 nitrogen and oxygen atoms in total. The first-order valence-electron chi connectivity index (χ1n) is 6.57. The lowest BCUT2D eigenvalue weighted by molar-refractivity contribution is 0.0990. The Labute approximate surface area is 114 Å². The van der Waals surface area contributed by atoms with Gasteiger partial charge in [0.15, 0.2) is 5.78 Å². The minimum Gasteiger partial charge on any atom is -0.392 e. The first kappa shape index (κ1) is 15.1. The van der Waals surface area contributed by atoms with Crippen LogP contribution in [0.4, 0.5) is 0 Å². The highest BCUT2D eigenvalue weighted by Gasteiger charge is 2.10. The van der Waals surface area contributed by atoms with Gasteiger partial charge in [0, 0.05) is 12.0 Å². The Morgan fingerprint density at radius 2 is 1.53 bits per heavy atom. The minimum absolute atomic E-state index is 0.0425. The molecule has 0 amide bonds. The van der Waals surface area contributed by atoms with E-state index in [1.165, 1.54) is 0 Å². The molecule has 0 unspecified atom stereocenters. The van der Waals surface area contributed by atoms with Crippen LogP contribution in [0, 0.1) is 0 Å². The van der Waals surface area contributed by atoms with E-state index < -0.39 is 0 Å². The second-order valence-corrected chi connectivity index (χ2v) is 3.90. The van der Waals surface area contributed by atoms with Gasteiger partial charge in [0.05, 0.1) is 6.61 Å². The van der Waals surface area contributed by atoms with Gasteiger partial charge in [0.1, 0.15) is 0 Å². The first-order chi connectivity index (χ1) is 9.31. The van der Waals surface area contributed by atoms with E-state index in [9.17, 15) is 9.90 Å². The molecule has 0 atom stereocenters. The lowest BCUT2D eigenvalue weighted by Crippen LogP contribution is -2.07. The smallest absolute Gasteiger partial charge is 0.167 e. The van der Waals surface area contributed by atoms with Gasteiger partial charge in [-0.3, -0.25) is 4.79 Å². The average Bonchev–Trinajstić information content (AvgIpc) is 2.50. The number of benzene rings is 2. The third kappa shape index (κ3) is 4.34. The molecule has 0 aliphatic rings. The predicted octanol–water partition coefficient (Wildman–Crippen LogP) is 3.63. The van der Waals surface area contributed by atoms with Crippen LogP contribution in [0.25, 0.3) is 0 Å². The van der Waals surface area contributed by atoms with Crippen molar-refractivity contribution in [3.8, 4) is 0 Å². The van der Waals surface area contributed by atoms with E-state index in [-0.39, 0.29) is 12.4 Å². The quantitative estimate of drug-likeness (QED) is 0.848. The van der Waals surface area contributed by atoms with Crippen molar-refractivity contribution >= 4 is 5.78 Å². The summed E-state index contributed by atoms with van der Waals surface area (Å²) in [6, 6.07) is 16.8. The van der Waals surface area contributed by atoms with E-state index >= 15 is 0 Å². The number of rotatable bonds is 4. The second-order valence-electron chi connectivity index (χ2n) is 3.90. The summed E-state index contributed by atoms with van der Waals surface area (Å²) in [7, 11) is 0. The standard InChI is InChI=1S/C15H14O2.C2H6/c16-11-13-8-4-5-9-14(13)15(17)10-12-6-2-1-3-7-12;1-2/h1-9,16H,10-11H2;1-2H3. The molecule has 2 rings (SSSR count). The van der Waals surface area contributed by atoms with Gasteiger partial charge in [-0.25, -0.2) is 0 Å². The largest absolute Gasteiger partial charge is 0.392 e. The maximum atomic E-state index is 12.1. The lowest BCUT2D eigenvalue weighted by Gasteiger charge is -2.06. The van der Waals surface area contributed by atoms with Gasteiger partial charge < -0.3 is 5.11 Å². The van der Waals surface area contributed by atoms with Crippen LogP contribution in [0.1, 0.15) is 35.3 Å². The summed E-state index contributed by atoms with van der Waals surface area (Å²) in [5, 5.41) is 9.18. The van der Waals surface area contributed by atoms with E-state index in [2.05, 4.69) is 0 Å². The Hall–Kier alpha value is -1.93. The molecule has 0 heterocycles. The van der Waals surface area contributed by atoms with E-state index in [0.29, 0.717) is 17.5 Å². The van der Waals surface area contributed by atoms with Crippen molar-refractivity contribution in [2.24, 2.45) is 0 Å². The monoisotopic (exact) mass is 256 g/mol. The van der Waals surface area contributed by atoms with Crippen LogP contribution in [0.3, 0.4) is 0 Å². The van der Waals surface area contributed by atoms with Gasteiger partial charge in [-0.05, 0) is 11.1 Å². The molecule has 0 saturated carbocycles. The fourth-order valence-electron chi connectivity index (χ4n) is 1.81. The molecule has 0 fully saturated rings. The summed E-state index contributed by atoms with van der Waals surface area (Å²) in [4.78, 5) is 12.1. The molecule has 0 aliphatic heterocycles. The zero-order valence-corrected chi connectivity index (χ0v) is 11.5. The van der Waals surface area contributed by atoms with Crippen molar-refractivity contribution in [1.29, 1.82) is 0 Å². The molecule has 0 radical (unpaired) electrons. The number of ketones is 1. The highest BCUT2D eigenvalue weighted by atomic mass is 16.3. The molecule has 19 heavy (non-hydrogen) atoms. The van der Waals surface area contributed by atoms with E-state index in [0.717, 1.165) is 5.56 Å². The number of carbonyl (C=O) groups excluding carboxylic acids is 1. The molecule has 0 aromatic heterocycles. The summed E-state index contributed by atoms with van der Waals surface area (Å²) in [5.74, 6) is 0.0425. The molecule has 2 aromatic rings. The molecule has 100 valence electrons. The average molecular weight is 256 g/mol. The third-order valence-corrected chi connectivity index (χ3v) is 2.70. The first-order valence-corrected chi connectivity index (χ1v) is 6.57. The van der Waals surface area contributed by atoms with Gasteiger partial charge >= 0.3 is 0 Å². The normalized spacial score (nSPS) is 9.42. The maximum absolute atomic E-state index is 12.1. The van der Waals surface area contributed by atoms with Crippen LogP contribution < -0.4 is 0 Å². The van der Waals surface area contributed by atoms with Gasteiger partial charge in [-0.2, -0.15) is 0 Å². The highest BCUT2D eigenvalue weighted by molar-refractivity contribution is 5.98. The van der Waals surface area contributed by atoms with Crippen LogP contribution >= 0.6 is 0 Å². The Kier molecular flexibility index (Phi) is 6.55. The molecular formula is C17H20O2. The third-order valence-electron chi connectivity index (χ3n) is 2.70.